The second-order valence-corrected chi connectivity index (χ2v) is 14.8. The van der Waals surface area contributed by atoms with Crippen LogP contribution in [0.4, 0.5) is 0 Å². The molecule has 22 heteroatoms. The molecule has 1 aliphatic heterocycles. The normalized spacial score (nSPS) is 16.3. The highest BCUT2D eigenvalue weighted by molar-refractivity contribution is 5.96. The van der Waals surface area contributed by atoms with Crippen molar-refractivity contribution in [3.8, 4) is 0 Å². The number of rotatable bonds is 25. The van der Waals surface area contributed by atoms with Gasteiger partial charge in [0.2, 0.25) is 47.3 Å². The highest BCUT2D eigenvalue weighted by atomic mass is 16.4. The summed E-state index contributed by atoms with van der Waals surface area (Å²) in [5, 5.41) is 23.9. The molecular weight excluding hydrogens is 748 g/mol. The number of hydrogen-bond donors (Lipinski definition) is 11. The maximum absolute atomic E-state index is 13.3. The molecule has 0 aliphatic carbocycles. The van der Waals surface area contributed by atoms with E-state index in [0.29, 0.717) is 25.8 Å². The van der Waals surface area contributed by atoms with Crippen LogP contribution in [0.5, 0.6) is 0 Å². The molecular formula is C35H62N12O10. The number of carboxylic acid groups (broad SMARTS) is 1. The molecule has 1 saturated heterocycles. The summed E-state index contributed by atoms with van der Waals surface area (Å²) < 4.78 is 0. The third kappa shape index (κ3) is 19.2. The first-order valence-electron chi connectivity index (χ1n) is 19.0. The van der Waals surface area contributed by atoms with Crippen LogP contribution < -0.4 is 54.8 Å². The molecule has 6 atom stereocenters. The Morgan fingerprint density at radius 2 is 1.32 bits per heavy atom. The molecule has 0 bridgehead atoms. The summed E-state index contributed by atoms with van der Waals surface area (Å²) in [5.74, 6) is -7.05. The minimum atomic E-state index is -1.30. The highest BCUT2D eigenvalue weighted by Gasteiger charge is 2.38. The Kier molecular flexibility index (Phi) is 21.6. The quantitative estimate of drug-likeness (QED) is 0.0238. The minimum absolute atomic E-state index is 0.0223. The molecule has 1 heterocycles. The molecule has 0 aromatic heterocycles. The Morgan fingerprint density at radius 3 is 1.86 bits per heavy atom. The first kappa shape index (κ1) is 49.5. The van der Waals surface area contributed by atoms with Gasteiger partial charge in [0.15, 0.2) is 5.96 Å². The van der Waals surface area contributed by atoms with Gasteiger partial charge in [-0.2, -0.15) is 0 Å². The Labute approximate surface area is 332 Å². The van der Waals surface area contributed by atoms with Crippen molar-refractivity contribution < 1.29 is 48.3 Å². The van der Waals surface area contributed by atoms with Gasteiger partial charge >= 0.3 is 5.97 Å². The molecule has 15 N–H and O–H groups in total. The average molecular weight is 811 g/mol. The van der Waals surface area contributed by atoms with Crippen molar-refractivity contribution in [2.24, 2.45) is 39.8 Å². The number of nitrogens with two attached hydrogens (primary N) is 4. The number of nitrogens with one attached hydrogen (secondary N) is 6. The predicted molar refractivity (Wildman–Crippen MR) is 207 cm³/mol. The Bertz CT molecular complexity index is 1470. The van der Waals surface area contributed by atoms with Crippen molar-refractivity contribution in [2.75, 3.05) is 26.2 Å². The number of nitrogens with zero attached hydrogens (tertiary/aromatic N) is 2. The van der Waals surface area contributed by atoms with Crippen molar-refractivity contribution in [2.45, 2.75) is 122 Å². The SMILES string of the molecule is CC(C)C[C@H](NC(=O)CNC(=O)[C@H](CCC(N)=O)NC(=O)[C@@H]1CCCN1C(=O)[C@@H](N)CC(C)C)C(=O)N[C@@H](C)C(=O)NCC(=O)N[C@@H](CCCN=C(N)N)C(=O)O. The Balaban J connectivity index is 2.82. The number of aliphatic imine (C=N–C) groups is 1. The first-order valence-corrected chi connectivity index (χ1v) is 19.0. The molecule has 0 radical (unpaired) electrons. The van der Waals surface area contributed by atoms with Crippen LogP contribution in [0.15, 0.2) is 4.99 Å². The van der Waals surface area contributed by atoms with E-state index < -0.39 is 96.7 Å². The summed E-state index contributed by atoms with van der Waals surface area (Å²) >= 11 is 0. The smallest absolute Gasteiger partial charge is 0.326 e. The third-order valence-corrected chi connectivity index (χ3v) is 8.73. The Morgan fingerprint density at radius 1 is 0.737 bits per heavy atom. The van der Waals surface area contributed by atoms with Crippen molar-refractivity contribution in [3.63, 3.8) is 0 Å². The largest absolute Gasteiger partial charge is 0.480 e. The number of amides is 8. The summed E-state index contributed by atoms with van der Waals surface area (Å²) in [5.41, 5.74) is 21.8. The third-order valence-electron chi connectivity index (χ3n) is 8.73. The van der Waals surface area contributed by atoms with E-state index in [1.54, 1.807) is 13.8 Å². The van der Waals surface area contributed by atoms with Crippen LogP contribution in [0, 0.1) is 11.8 Å². The number of aliphatic carboxylic acids is 1. The summed E-state index contributed by atoms with van der Waals surface area (Å²) in [6.45, 7) is 8.00. The van der Waals surface area contributed by atoms with Gasteiger partial charge < -0.3 is 64.8 Å². The molecule has 8 amide bonds. The van der Waals surface area contributed by atoms with E-state index >= 15 is 0 Å². The zero-order valence-corrected chi connectivity index (χ0v) is 33.4. The number of primary amides is 1. The zero-order chi connectivity index (χ0) is 43.4. The minimum Gasteiger partial charge on any atom is -0.480 e. The van der Waals surface area contributed by atoms with Gasteiger partial charge in [-0.05, 0) is 63.7 Å². The van der Waals surface area contributed by atoms with Gasteiger partial charge in [0.25, 0.3) is 0 Å². The lowest BCUT2D eigenvalue weighted by Crippen LogP contribution is -2.57. The topological polar surface area (TPSA) is 366 Å². The molecule has 0 unspecified atom stereocenters. The number of guanidine groups is 1. The first-order chi connectivity index (χ1) is 26.6. The molecule has 1 aliphatic rings. The van der Waals surface area contributed by atoms with Crippen LogP contribution in [0.3, 0.4) is 0 Å². The second-order valence-electron chi connectivity index (χ2n) is 14.8. The van der Waals surface area contributed by atoms with Gasteiger partial charge in [0, 0.05) is 19.5 Å². The number of likely N-dealkylation sites (tertiary alicyclic amines) is 1. The van der Waals surface area contributed by atoms with E-state index in [9.17, 15) is 48.3 Å². The molecule has 1 rings (SSSR count). The molecule has 0 saturated carbocycles. The van der Waals surface area contributed by atoms with Gasteiger partial charge in [0.05, 0.1) is 19.1 Å². The van der Waals surface area contributed by atoms with E-state index in [-0.39, 0.29) is 62.4 Å². The molecule has 1 fully saturated rings. The number of carboxylic acids is 1. The summed E-state index contributed by atoms with van der Waals surface area (Å²) in [6.07, 6.45) is 1.27. The highest BCUT2D eigenvalue weighted by Crippen LogP contribution is 2.20. The van der Waals surface area contributed by atoms with Crippen molar-refractivity contribution in [1.29, 1.82) is 0 Å². The zero-order valence-electron chi connectivity index (χ0n) is 33.4. The maximum Gasteiger partial charge on any atom is 0.326 e. The van der Waals surface area contributed by atoms with Crippen molar-refractivity contribution in [1.82, 2.24) is 36.8 Å². The monoisotopic (exact) mass is 810 g/mol. The lowest BCUT2D eigenvalue weighted by molar-refractivity contribution is -0.142. The molecule has 322 valence electrons. The van der Waals surface area contributed by atoms with E-state index in [4.69, 9.17) is 22.9 Å². The standard InChI is InChI=1S/C35H62N12O10/c1-18(2)14-21(36)33(55)47-13-7-9-25(47)32(54)46-22(10-11-26(37)48)30(52)42-17-28(50)45-24(15-19(3)4)31(53)43-20(5)29(51)41-16-27(49)44-23(34(56)57)8-6-12-40-35(38)39/h18-25H,6-17,36H2,1-5H3,(H2,37,48)(H,41,51)(H,42,52)(H,43,53)(H,44,49)(H,45,50)(H,46,54)(H,56,57)(H4,38,39,40)/t20-,21-,22-,23-,24-,25-/m0/s1. The van der Waals surface area contributed by atoms with Gasteiger partial charge in [0.1, 0.15) is 30.2 Å². The molecule has 0 aromatic carbocycles. The van der Waals surface area contributed by atoms with E-state index in [1.165, 1.54) is 11.8 Å². The summed E-state index contributed by atoms with van der Waals surface area (Å²) in [6, 6.07) is -6.57. The van der Waals surface area contributed by atoms with Gasteiger partial charge in [-0.1, -0.05) is 27.7 Å². The van der Waals surface area contributed by atoms with Crippen LogP contribution in [0.1, 0.15) is 86.0 Å². The molecule has 0 aromatic rings. The summed E-state index contributed by atoms with van der Waals surface area (Å²) in [7, 11) is 0. The van der Waals surface area contributed by atoms with Crippen LogP contribution in [0.25, 0.3) is 0 Å². The summed E-state index contributed by atoms with van der Waals surface area (Å²) in [4.78, 5) is 119. The Hall–Kier alpha value is -5.54. The van der Waals surface area contributed by atoms with E-state index in [1.807, 2.05) is 13.8 Å². The van der Waals surface area contributed by atoms with Gasteiger partial charge in [-0.15, -0.1) is 0 Å². The molecule has 22 nitrogen and oxygen atoms in total. The number of carbonyl (C=O) groups excluding carboxylic acids is 8. The fourth-order valence-electron chi connectivity index (χ4n) is 5.89. The predicted octanol–water partition coefficient (Wildman–Crippen LogP) is -4.01. The van der Waals surface area contributed by atoms with Crippen LogP contribution in [-0.4, -0.2) is 132 Å². The van der Waals surface area contributed by atoms with Crippen LogP contribution in [-0.2, 0) is 43.2 Å². The van der Waals surface area contributed by atoms with Crippen molar-refractivity contribution >= 4 is 59.2 Å². The second kappa shape index (κ2) is 24.9. The fraction of sp³-hybridized carbons (Fsp3) is 0.714. The van der Waals surface area contributed by atoms with E-state index in [2.05, 4.69) is 36.9 Å². The number of hydrogen-bond acceptors (Lipinski definition) is 11. The number of carbonyl (C=O) groups is 9. The van der Waals surface area contributed by atoms with Gasteiger partial charge in [-0.3, -0.25) is 43.3 Å². The van der Waals surface area contributed by atoms with Crippen LogP contribution >= 0.6 is 0 Å². The lowest BCUT2D eigenvalue weighted by atomic mass is 10.0. The van der Waals surface area contributed by atoms with Gasteiger partial charge in [-0.25, -0.2) is 4.79 Å². The fourth-order valence-corrected chi connectivity index (χ4v) is 5.89. The molecule has 0 spiro atoms. The molecule has 57 heavy (non-hydrogen) atoms. The maximum atomic E-state index is 13.3. The average Bonchev–Trinajstić information content (AvgIpc) is 3.61. The van der Waals surface area contributed by atoms with E-state index in [0.717, 1.165) is 0 Å². The lowest BCUT2D eigenvalue weighted by Gasteiger charge is -2.28. The van der Waals surface area contributed by atoms with Crippen LogP contribution in [0.2, 0.25) is 0 Å². The van der Waals surface area contributed by atoms with Crippen molar-refractivity contribution in [3.05, 3.63) is 0 Å².